The van der Waals surface area contributed by atoms with Gasteiger partial charge in [-0.1, -0.05) is 26.0 Å². The summed E-state index contributed by atoms with van der Waals surface area (Å²) < 4.78 is 13.1. The maximum atomic E-state index is 13.1. The zero-order valence-corrected chi connectivity index (χ0v) is 18.4. The van der Waals surface area contributed by atoms with Gasteiger partial charge in [0.25, 0.3) is 5.91 Å². The van der Waals surface area contributed by atoms with Gasteiger partial charge < -0.3 is 11.1 Å². The summed E-state index contributed by atoms with van der Waals surface area (Å²) in [5.41, 5.74) is 7.23. The Morgan fingerprint density at radius 3 is 2.60 bits per heavy atom. The normalized spacial score (nSPS) is 20.3. The van der Waals surface area contributed by atoms with Crippen LogP contribution < -0.4 is 11.1 Å². The summed E-state index contributed by atoms with van der Waals surface area (Å²) in [6.07, 6.45) is 0.304. The number of rotatable bonds is 6. The van der Waals surface area contributed by atoms with Crippen molar-refractivity contribution in [2.45, 2.75) is 52.2 Å². The van der Waals surface area contributed by atoms with E-state index in [0.717, 1.165) is 11.1 Å². The van der Waals surface area contributed by atoms with Crippen LogP contribution in [0, 0.1) is 11.7 Å². The molecule has 0 saturated carbocycles. The number of hydrogen-bond donors (Lipinski definition) is 2. The third kappa shape index (κ3) is 4.70. The Morgan fingerprint density at radius 2 is 2.00 bits per heavy atom. The molecule has 8 heteroatoms. The predicted molar refractivity (Wildman–Crippen MR) is 117 cm³/mol. The second kappa shape index (κ2) is 8.55. The fraction of sp³-hybridized carbons (Fsp3) is 0.409. The van der Waals surface area contributed by atoms with Gasteiger partial charge in [0.05, 0.1) is 29.4 Å². The third-order valence-electron chi connectivity index (χ3n) is 5.64. The first kappa shape index (κ1) is 22.0. The fourth-order valence-electron chi connectivity index (χ4n) is 3.26. The van der Waals surface area contributed by atoms with E-state index in [0.29, 0.717) is 11.3 Å². The molecule has 0 radical (unpaired) electrons. The van der Waals surface area contributed by atoms with Gasteiger partial charge >= 0.3 is 0 Å². The molecule has 0 saturated heterocycles. The van der Waals surface area contributed by atoms with Crippen LogP contribution in [-0.2, 0) is 11.3 Å². The van der Waals surface area contributed by atoms with Gasteiger partial charge in [-0.2, -0.15) is 0 Å². The first-order valence-corrected chi connectivity index (χ1v) is 10.8. The topological polar surface area (TPSA) is 87.8 Å². The lowest BCUT2D eigenvalue weighted by molar-refractivity contribution is -0.130. The van der Waals surface area contributed by atoms with E-state index >= 15 is 0 Å². The first-order chi connectivity index (χ1) is 14.1. The van der Waals surface area contributed by atoms with Crippen molar-refractivity contribution >= 4 is 29.1 Å². The smallest absolute Gasteiger partial charge is 0.261 e. The standard InChI is InChI=1S/C22H27FN4O2S/c1-13(2)22(4)10-19(28)27(21(24)26-22)11-15-9-18(30-12-15)20(29)25-14(3)16-5-7-17(23)8-6-16/h5-9,12-14H,10-11H2,1-4H3,(H2,24,26)(H,25,29). The average molecular weight is 431 g/mol. The number of nitrogens with zero attached hydrogens (tertiary/aromatic N) is 2. The highest BCUT2D eigenvalue weighted by Gasteiger charge is 2.38. The molecule has 0 spiro atoms. The summed E-state index contributed by atoms with van der Waals surface area (Å²) in [6.45, 7) is 8.11. The molecule has 2 atom stereocenters. The van der Waals surface area contributed by atoms with Crippen LogP contribution in [0.15, 0.2) is 40.7 Å². The van der Waals surface area contributed by atoms with Gasteiger partial charge in [-0.3, -0.25) is 14.5 Å². The average Bonchev–Trinajstić information content (AvgIpc) is 3.14. The number of aliphatic imine (C=N–C) groups is 1. The number of thiophene rings is 1. The van der Waals surface area contributed by atoms with E-state index in [1.807, 2.05) is 33.1 Å². The number of carbonyl (C=O) groups excluding carboxylic acids is 2. The van der Waals surface area contributed by atoms with Gasteiger partial charge in [-0.15, -0.1) is 11.3 Å². The number of nitrogens with one attached hydrogen (secondary N) is 1. The number of hydrogen-bond acceptors (Lipinski definition) is 5. The predicted octanol–water partition coefficient (Wildman–Crippen LogP) is 3.84. The molecule has 160 valence electrons. The number of benzene rings is 1. The van der Waals surface area contributed by atoms with Crippen LogP contribution in [-0.4, -0.2) is 28.2 Å². The van der Waals surface area contributed by atoms with Gasteiger partial charge in [0.1, 0.15) is 5.82 Å². The van der Waals surface area contributed by atoms with Gasteiger partial charge in [-0.05, 0) is 54.5 Å². The SMILES string of the molecule is CC(NC(=O)c1cc(CN2C(=O)CC(C)(C(C)C)N=C2N)cs1)c1ccc(F)cc1. The highest BCUT2D eigenvalue weighted by Crippen LogP contribution is 2.30. The van der Waals surface area contributed by atoms with E-state index in [2.05, 4.69) is 10.3 Å². The summed E-state index contributed by atoms with van der Waals surface area (Å²) in [4.78, 5) is 31.8. The van der Waals surface area contributed by atoms with Crippen molar-refractivity contribution in [1.82, 2.24) is 10.2 Å². The second-order valence-corrected chi connectivity index (χ2v) is 9.12. The van der Waals surface area contributed by atoms with Crippen molar-refractivity contribution in [2.24, 2.45) is 16.6 Å². The molecule has 0 fully saturated rings. The number of guanidine groups is 1. The minimum absolute atomic E-state index is 0.0687. The zero-order chi connectivity index (χ0) is 22.1. The number of halogens is 1. The monoisotopic (exact) mass is 430 g/mol. The van der Waals surface area contributed by atoms with Crippen molar-refractivity contribution in [2.75, 3.05) is 0 Å². The van der Waals surface area contributed by atoms with Crippen LogP contribution in [0.25, 0.3) is 0 Å². The molecule has 0 bridgehead atoms. The van der Waals surface area contributed by atoms with Crippen molar-refractivity contribution in [3.05, 3.63) is 57.5 Å². The summed E-state index contributed by atoms with van der Waals surface area (Å²) in [6, 6.07) is 7.53. The zero-order valence-electron chi connectivity index (χ0n) is 17.6. The van der Waals surface area contributed by atoms with E-state index in [4.69, 9.17) is 5.73 Å². The molecule has 3 rings (SSSR count). The largest absolute Gasteiger partial charge is 0.369 e. The number of amides is 2. The van der Waals surface area contributed by atoms with Crippen molar-refractivity contribution in [1.29, 1.82) is 0 Å². The molecule has 0 aliphatic carbocycles. The molecule has 2 amide bonds. The van der Waals surface area contributed by atoms with Crippen LogP contribution in [0.5, 0.6) is 0 Å². The molecule has 3 N–H and O–H groups in total. The van der Waals surface area contributed by atoms with Crippen LogP contribution in [0.3, 0.4) is 0 Å². The molecular formula is C22H27FN4O2S. The van der Waals surface area contributed by atoms with Crippen LogP contribution in [0.2, 0.25) is 0 Å². The van der Waals surface area contributed by atoms with Gasteiger partial charge in [-0.25, -0.2) is 9.38 Å². The Hall–Kier alpha value is -2.74. The Bertz CT molecular complexity index is 970. The van der Waals surface area contributed by atoms with E-state index < -0.39 is 5.54 Å². The maximum absolute atomic E-state index is 13.1. The Balaban J connectivity index is 1.67. The molecule has 1 aromatic heterocycles. The fourth-order valence-corrected chi connectivity index (χ4v) is 4.06. The molecule has 2 heterocycles. The van der Waals surface area contributed by atoms with Crippen molar-refractivity contribution in [3.8, 4) is 0 Å². The lowest BCUT2D eigenvalue weighted by Crippen LogP contribution is -2.51. The van der Waals surface area contributed by atoms with Crippen LogP contribution in [0.1, 0.15) is 61.0 Å². The lowest BCUT2D eigenvalue weighted by Gasteiger charge is -2.37. The second-order valence-electron chi connectivity index (χ2n) is 8.20. The van der Waals surface area contributed by atoms with Crippen molar-refractivity contribution in [3.63, 3.8) is 0 Å². The number of carbonyl (C=O) groups is 2. The molecule has 1 aliphatic rings. The maximum Gasteiger partial charge on any atom is 0.261 e. The Labute approximate surface area is 180 Å². The van der Waals surface area contributed by atoms with Gasteiger partial charge in [0, 0.05) is 0 Å². The molecular weight excluding hydrogens is 403 g/mol. The molecule has 2 aromatic rings. The Kier molecular flexibility index (Phi) is 6.26. The van der Waals surface area contributed by atoms with Crippen molar-refractivity contribution < 1.29 is 14.0 Å². The lowest BCUT2D eigenvalue weighted by atomic mass is 9.84. The Morgan fingerprint density at radius 1 is 1.33 bits per heavy atom. The summed E-state index contributed by atoms with van der Waals surface area (Å²) in [5, 5.41) is 4.75. The summed E-state index contributed by atoms with van der Waals surface area (Å²) in [5.74, 6) is -0.196. The first-order valence-electron chi connectivity index (χ1n) is 9.88. The highest BCUT2D eigenvalue weighted by atomic mass is 32.1. The van der Waals surface area contributed by atoms with Gasteiger partial charge in [0.15, 0.2) is 5.96 Å². The van der Waals surface area contributed by atoms with Crippen LogP contribution in [0.4, 0.5) is 4.39 Å². The minimum atomic E-state index is -0.492. The van der Waals surface area contributed by atoms with E-state index in [1.165, 1.54) is 28.4 Å². The number of nitrogens with two attached hydrogens (primary N) is 1. The van der Waals surface area contributed by atoms with E-state index in [1.54, 1.807) is 18.2 Å². The highest BCUT2D eigenvalue weighted by molar-refractivity contribution is 7.12. The summed E-state index contributed by atoms with van der Waals surface area (Å²) >= 11 is 1.30. The third-order valence-corrected chi connectivity index (χ3v) is 6.61. The molecule has 1 aromatic carbocycles. The minimum Gasteiger partial charge on any atom is -0.369 e. The van der Waals surface area contributed by atoms with E-state index in [-0.39, 0.29) is 42.1 Å². The molecule has 30 heavy (non-hydrogen) atoms. The summed E-state index contributed by atoms with van der Waals surface area (Å²) in [7, 11) is 0. The molecule has 2 unspecified atom stereocenters. The van der Waals surface area contributed by atoms with E-state index in [9.17, 15) is 14.0 Å². The van der Waals surface area contributed by atoms with Crippen LogP contribution >= 0.6 is 11.3 Å². The molecule has 6 nitrogen and oxygen atoms in total. The molecule has 1 aliphatic heterocycles. The quantitative estimate of drug-likeness (QED) is 0.730. The van der Waals surface area contributed by atoms with Gasteiger partial charge in [0.2, 0.25) is 5.91 Å².